The van der Waals surface area contributed by atoms with E-state index in [0.717, 1.165) is 10.5 Å². The SMILES string of the molecule is COc1ccc(S(=O)(=O)Cc2ccc(S)cc2)cc1. The van der Waals surface area contributed by atoms with Crippen molar-refractivity contribution in [2.24, 2.45) is 0 Å². The molecule has 0 N–H and O–H groups in total. The molecule has 0 aromatic heterocycles. The minimum Gasteiger partial charge on any atom is -0.497 e. The number of methoxy groups -OCH3 is 1. The van der Waals surface area contributed by atoms with E-state index in [0.29, 0.717) is 10.6 Å². The summed E-state index contributed by atoms with van der Waals surface area (Å²) in [7, 11) is -1.79. The summed E-state index contributed by atoms with van der Waals surface area (Å²) in [6.07, 6.45) is 0. The highest BCUT2D eigenvalue weighted by Crippen LogP contribution is 2.20. The van der Waals surface area contributed by atoms with Crippen LogP contribution in [0.4, 0.5) is 0 Å². The molecule has 0 fully saturated rings. The molecule has 0 saturated carbocycles. The maximum Gasteiger partial charge on any atom is 0.182 e. The Morgan fingerprint density at radius 3 is 2.11 bits per heavy atom. The van der Waals surface area contributed by atoms with E-state index in [1.165, 1.54) is 0 Å². The molecule has 2 rings (SSSR count). The number of hydrogen-bond acceptors (Lipinski definition) is 4. The fourth-order valence-corrected chi connectivity index (χ4v) is 3.18. The van der Waals surface area contributed by atoms with E-state index in [4.69, 9.17) is 4.74 Å². The molecule has 3 nitrogen and oxygen atoms in total. The van der Waals surface area contributed by atoms with Crippen molar-refractivity contribution in [2.45, 2.75) is 15.5 Å². The molecule has 2 aromatic rings. The smallest absolute Gasteiger partial charge is 0.182 e. The maximum absolute atomic E-state index is 12.2. The summed E-state index contributed by atoms with van der Waals surface area (Å²) in [6.45, 7) is 0. The zero-order chi connectivity index (χ0) is 13.9. The molecule has 0 spiro atoms. The molecular formula is C14H14O3S2. The third-order valence-corrected chi connectivity index (χ3v) is 4.71. The lowest BCUT2D eigenvalue weighted by atomic mass is 10.2. The van der Waals surface area contributed by atoms with Crippen LogP contribution in [0, 0.1) is 0 Å². The third-order valence-electron chi connectivity index (χ3n) is 2.71. The summed E-state index contributed by atoms with van der Waals surface area (Å²) in [6, 6.07) is 13.5. The standard InChI is InChI=1S/C14H14O3S2/c1-17-12-4-8-14(9-5-12)19(15,16)10-11-2-6-13(18)7-3-11/h2-9,18H,10H2,1H3. The van der Waals surface area contributed by atoms with Gasteiger partial charge in [0, 0.05) is 4.90 Å². The fraction of sp³-hybridized carbons (Fsp3) is 0.143. The van der Waals surface area contributed by atoms with Crippen molar-refractivity contribution in [1.29, 1.82) is 0 Å². The first kappa shape index (κ1) is 14.0. The van der Waals surface area contributed by atoms with Gasteiger partial charge in [-0.2, -0.15) is 0 Å². The quantitative estimate of drug-likeness (QED) is 0.882. The molecule has 0 saturated heterocycles. The second-order valence-corrected chi connectivity index (χ2v) is 6.61. The number of benzene rings is 2. The summed E-state index contributed by atoms with van der Waals surface area (Å²) in [5, 5.41) is 0. The Kier molecular flexibility index (Phi) is 4.17. The minimum atomic E-state index is -3.33. The van der Waals surface area contributed by atoms with E-state index in [-0.39, 0.29) is 5.75 Å². The first-order valence-corrected chi connectivity index (χ1v) is 7.76. The Morgan fingerprint density at radius 2 is 1.58 bits per heavy atom. The molecule has 100 valence electrons. The number of sulfone groups is 1. The van der Waals surface area contributed by atoms with Crippen LogP contribution in [0.15, 0.2) is 58.3 Å². The normalized spacial score (nSPS) is 11.3. The second kappa shape index (κ2) is 5.67. The van der Waals surface area contributed by atoms with Gasteiger partial charge < -0.3 is 4.74 Å². The van der Waals surface area contributed by atoms with Crippen LogP contribution < -0.4 is 4.74 Å². The zero-order valence-corrected chi connectivity index (χ0v) is 12.1. The first-order chi connectivity index (χ1) is 9.01. The second-order valence-electron chi connectivity index (χ2n) is 4.10. The van der Waals surface area contributed by atoms with Crippen LogP contribution in [0.3, 0.4) is 0 Å². The van der Waals surface area contributed by atoms with Crippen molar-refractivity contribution in [3.63, 3.8) is 0 Å². The van der Waals surface area contributed by atoms with Gasteiger partial charge in [0.25, 0.3) is 0 Å². The number of rotatable bonds is 4. The van der Waals surface area contributed by atoms with Gasteiger partial charge in [0.05, 0.1) is 17.8 Å². The van der Waals surface area contributed by atoms with Gasteiger partial charge in [-0.3, -0.25) is 0 Å². The van der Waals surface area contributed by atoms with E-state index in [1.807, 2.05) is 0 Å². The Balaban J connectivity index is 2.24. The monoisotopic (exact) mass is 294 g/mol. The van der Waals surface area contributed by atoms with Crippen LogP contribution in [0.2, 0.25) is 0 Å². The molecule has 2 aromatic carbocycles. The highest BCUT2D eigenvalue weighted by Gasteiger charge is 2.15. The summed E-state index contributed by atoms with van der Waals surface area (Å²) in [5.74, 6) is 0.617. The van der Waals surface area contributed by atoms with Crippen LogP contribution in [0.5, 0.6) is 5.75 Å². The number of ether oxygens (including phenoxy) is 1. The Bertz CT molecular complexity index is 644. The average Bonchev–Trinajstić information content (AvgIpc) is 2.41. The van der Waals surface area contributed by atoms with Crippen molar-refractivity contribution < 1.29 is 13.2 Å². The van der Waals surface area contributed by atoms with Gasteiger partial charge in [-0.15, -0.1) is 12.6 Å². The Hall–Kier alpha value is -1.46. The van der Waals surface area contributed by atoms with E-state index < -0.39 is 9.84 Å². The predicted molar refractivity (Wildman–Crippen MR) is 77.6 cm³/mol. The molecule has 0 unspecified atom stereocenters. The molecule has 0 radical (unpaired) electrons. The Labute approximate surface area is 118 Å². The lowest BCUT2D eigenvalue weighted by molar-refractivity contribution is 0.414. The molecular weight excluding hydrogens is 280 g/mol. The third kappa shape index (κ3) is 3.52. The molecule has 0 aliphatic rings. The molecule has 5 heteroatoms. The highest BCUT2D eigenvalue weighted by molar-refractivity contribution is 7.90. The maximum atomic E-state index is 12.2. The van der Waals surface area contributed by atoms with Crippen LogP contribution in [-0.4, -0.2) is 15.5 Å². The van der Waals surface area contributed by atoms with E-state index >= 15 is 0 Å². The van der Waals surface area contributed by atoms with Gasteiger partial charge in [-0.25, -0.2) is 8.42 Å². The van der Waals surface area contributed by atoms with Crippen molar-refractivity contribution in [3.8, 4) is 5.75 Å². The van der Waals surface area contributed by atoms with Gasteiger partial charge in [-0.05, 0) is 42.0 Å². The topological polar surface area (TPSA) is 43.4 Å². The van der Waals surface area contributed by atoms with Gasteiger partial charge in [0.15, 0.2) is 9.84 Å². The largest absolute Gasteiger partial charge is 0.497 e. The number of hydrogen-bond donors (Lipinski definition) is 1. The zero-order valence-electron chi connectivity index (χ0n) is 10.4. The van der Waals surface area contributed by atoms with E-state index in [1.54, 1.807) is 55.6 Å². The molecule has 0 bridgehead atoms. The van der Waals surface area contributed by atoms with Crippen LogP contribution >= 0.6 is 12.6 Å². The number of thiol groups is 1. The van der Waals surface area contributed by atoms with Crippen molar-refractivity contribution in [3.05, 3.63) is 54.1 Å². The molecule has 19 heavy (non-hydrogen) atoms. The van der Waals surface area contributed by atoms with Crippen molar-refractivity contribution in [2.75, 3.05) is 7.11 Å². The van der Waals surface area contributed by atoms with Gasteiger partial charge in [0.2, 0.25) is 0 Å². The van der Waals surface area contributed by atoms with Gasteiger partial charge in [-0.1, -0.05) is 12.1 Å². The molecule has 0 aliphatic carbocycles. The first-order valence-electron chi connectivity index (χ1n) is 5.66. The summed E-state index contributed by atoms with van der Waals surface area (Å²) in [5.41, 5.74) is 0.744. The lowest BCUT2D eigenvalue weighted by Crippen LogP contribution is -2.04. The molecule has 0 amide bonds. The fourth-order valence-electron chi connectivity index (χ4n) is 1.68. The highest BCUT2D eigenvalue weighted by atomic mass is 32.2. The summed E-state index contributed by atoms with van der Waals surface area (Å²) in [4.78, 5) is 1.11. The van der Waals surface area contributed by atoms with Crippen molar-refractivity contribution in [1.82, 2.24) is 0 Å². The Morgan fingerprint density at radius 1 is 1.00 bits per heavy atom. The predicted octanol–water partition coefficient (Wildman–Crippen LogP) is 2.96. The molecule has 0 aliphatic heterocycles. The lowest BCUT2D eigenvalue weighted by Gasteiger charge is -2.06. The van der Waals surface area contributed by atoms with Crippen LogP contribution in [0.1, 0.15) is 5.56 Å². The van der Waals surface area contributed by atoms with Gasteiger partial charge in [0.1, 0.15) is 5.75 Å². The van der Waals surface area contributed by atoms with Crippen LogP contribution in [0.25, 0.3) is 0 Å². The van der Waals surface area contributed by atoms with E-state index in [2.05, 4.69) is 12.6 Å². The van der Waals surface area contributed by atoms with Gasteiger partial charge >= 0.3 is 0 Å². The average molecular weight is 294 g/mol. The van der Waals surface area contributed by atoms with Crippen molar-refractivity contribution >= 4 is 22.5 Å². The van der Waals surface area contributed by atoms with Crippen LogP contribution in [-0.2, 0) is 15.6 Å². The minimum absolute atomic E-state index is 0.0204. The molecule has 0 heterocycles. The summed E-state index contributed by atoms with van der Waals surface area (Å²) >= 11 is 4.17. The summed E-state index contributed by atoms with van der Waals surface area (Å²) < 4.78 is 29.5. The van der Waals surface area contributed by atoms with E-state index in [9.17, 15) is 8.42 Å². The molecule has 0 atom stereocenters.